The van der Waals surface area contributed by atoms with Gasteiger partial charge in [0.1, 0.15) is 0 Å². The quantitative estimate of drug-likeness (QED) is 0.567. The predicted molar refractivity (Wildman–Crippen MR) is 113 cm³/mol. The highest BCUT2D eigenvalue weighted by molar-refractivity contribution is 8.27. The molecule has 8 heteroatoms. The standard InChI is InChI=1S/C20H17NO5S2/c1-12-4-3-5-14(8-12)21-19(24)17(28-20(21)27)10-13-6-7-15(16(9-13)25-2)26-11-18(22)23/h3-10H,11H2,1-2H3,(H,22,23)/b17-10+. The molecule has 1 heterocycles. The van der Waals surface area contributed by atoms with Gasteiger partial charge in [-0.1, -0.05) is 42.2 Å². The number of aryl methyl sites for hydroxylation is 1. The number of nitrogens with zero attached hydrogens (tertiary/aromatic N) is 1. The largest absolute Gasteiger partial charge is 0.493 e. The van der Waals surface area contributed by atoms with Crippen LogP contribution in [0.1, 0.15) is 11.1 Å². The molecule has 1 aliphatic heterocycles. The topological polar surface area (TPSA) is 76.1 Å². The van der Waals surface area contributed by atoms with E-state index in [9.17, 15) is 9.59 Å². The number of hydrogen-bond acceptors (Lipinski definition) is 6. The number of thiocarbonyl (C=S) groups is 1. The number of anilines is 1. The molecule has 1 N–H and O–H groups in total. The van der Waals surface area contributed by atoms with E-state index in [1.165, 1.54) is 23.8 Å². The van der Waals surface area contributed by atoms with E-state index in [0.29, 0.717) is 26.3 Å². The molecule has 0 atom stereocenters. The summed E-state index contributed by atoms with van der Waals surface area (Å²) in [5, 5.41) is 8.74. The molecular formula is C20H17NO5S2. The molecule has 0 aliphatic carbocycles. The third-order valence-corrected chi connectivity index (χ3v) is 5.19. The fourth-order valence-corrected chi connectivity index (χ4v) is 3.94. The Morgan fingerprint density at radius 3 is 2.71 bits per heavy atom. The first kappa shape index (κ1) is 19.9. The second-order valence-corrected chi connectivity index (χ2v) is 7.62. The lowest BCUT2D eigenvalue weighted by Crippen LogP contribution is -2.27. The lowest BCUT2D eigenvalue weighted by atomic mass is 10.1. The smallest absolute Gasteiger partial charge is 0.341 e. The molecule has 1 amide bonds. The van der Waals surface area contributed by atoms with Crippen molar-refractivity contribution in [2.75, 3.05) is 18.6 Å². The number of ether oxygens (including phenoxy) is 2. The number of aliphatic carboxylic acids is 1. The Hall–Kier alpha value is -2.84. The van der Waals surface area contributed by atoms with E-state index in [1.54, 1.807) is 24.3 Å². The Kier molecular flexibility index (Phi) is 6.01. The number of thioether (sulfide) groups is 1. The molecule has 0 saturated carbocycles. The monoisotopic (exact) mass is 415 g/mol. The van der Waals surface area contributed by atoms with Crippen molar-refractivity contribution in [1.29, 1.82) is 0 Å². The second-order valence-electron chi connectivity index (χ2n) is 5.95. The lowest BCUT2D eigenvalue weighted by molar-refractivity contribution is -0.139. The van der Waals surface area contributed by atoms with Gasteiger partial charge in [0.05, 0.1) is 17.7 Å². The maximum Gasteiger partial charge on any atom is 0.341 e. The number of carbonyl (C=O) groups is 2. The Balaban J connectivity index is 1.86. The minimum absolute atomic E-state index is 0.189. The molecule has 0 bridgehead atoms. The molecule has 0 radical (unpaired) electrons. The van der Waals surface area contributed by atoms with Crippen LogP contribution >= 0.6 is 24.0 Å². The van der Waals surface area contributed by atoms with Gasteiger partial charge >= 0.3 is 5.97 Å². The summed E-state index contributed by atoms with van der Waals surface area (Å²) in [6, 6.07) is 12.6. The predicted octanol–water partition coefficient (Wildman–Crippen LogP) is 3.87. The number of carboxylic acid groups (broad SMARTS) is 1. The maximum absolute atomic E-state index is 12.9. The Bertz CT molecular complexity index is 986. The van der Waals surface area contributed by atoms with Crippen molar-refractivity contribution >= 4 is 51.9 Å². The van der Waals surface area contributed by atoms with E-state index < -0.39 is 12.6 Å². The van der Waals surface area contributed by atoms with Crippen LogP contribution in [0.2, 0.25) is 0 Å². The van der Waals surface area contributed by atoms with Gasteiger partial charge in [-0.15, -0.1) is 0 Å². The summed E-state index contributed by atoms with van der Waals surface area (Å²) in [5.74, 6) is -0.574. The van der Waals surface area contributed by atoms with E-state index in [-0.39, 0.29) is 5.91 Å². The first-order valence-electron chi connectivity index (χ1n) is 8.26. The maximum atomic E-state index is 12.9. The highest BCUT2D eigenvalue weighted by Crippen LogP contribution is 2.37. The summed E-state index contributed by atoms with van der Waals surface area (Å²) in [6.07, 6.45) is 1.72. The van der Waals surface area contributed by atoms with Crippen LogP contribution in [0.4, 0.5) is 5.69 Å². The van der Waals surface area contributed by atoms with E-state index in [2.05, 4.69) is 0 Å². The van der Waals surface area contributed by atoms with Gasteiger partial charge in [-0.3, -0.25) is 9.69 Å². The Labute approximate surface area is 171 Å². The zero-order valence-electron chi connectivity index (χ0n) is 15.2. The number of amides is 1. The average Bonchev–Trinajstić information content (AvgIpc) is 2.93. The van der Waals surface area contributed by atoms with Gasteiger partial charge in [0, 0.05) is 0 Å². The summed E-state index contributed by atoms with van der Waals surface area (Å²) < 4.78 is 10.9. The number of benzene rings is 2. The van der Waals surface area contributed by atoms with Crippen LogP contribution in [-0.4, -0.2) is 35.0 Å². The van der Waals surface area contributed by atoms with Crippen molar-refractivity contribution < 1.29 is 24.2 Å². The number of carbonyl (C=O) groups excluding carboxylic acids is 1. The molecule has 0 spiro atoms. The van der Waals surface area contributed by atoms with Crippen LogP contribution in [0, 0.1) is 6.92 Å². The SMILES string of the molecule is COc1cc(/C=C2/SC(=S)N(c3cccc(C)c3)C2=O)ccc1OCC(=O)O. The van der Waals surface area contributed by atoms with E-state index in [0.717, 1.165) is 11.3 Å². The minimum Gasteiger partial charge on any atom is -0.493 e. The number of carboxylic acids is 1. The van der Waals surface area contributed by atoms with Crippen molar-refractivity contribution in [1.82, 2.24) is 0 Å². The molecule has 28 heavy (non-hydrogen) atoms. The van der Waals surface area contributed by atoms with Gasteiger partial charge in [0.25, 0.3) is 5.91 Å². The van der Waals surface area contributed by atoms with E-state index in [1.807, 2.05) is 31.2 Å². The highest BCUT2D eigenvalue weighted by Gasteiger charge is 2.33. The Morgan fingerprint density at radius 2 is 2.04 bits per heavy atom. The molecule has 144 valence electrons. The summed E-state index contributed by atoms with van der Waals surface area (Å²) >= 11 is 6.62. The van der Waals surface area contributed by atoms with Crippen LogP contribution in [0.5, 0.6) is 11.5 Å². The van der Waals surface area contributed by atoms with Crippen LogP contribution in [0.15, 0.2) is 47.4 Å². The number of hydrogen-bond donors (Lipinski definition) is 1. The normalized spacial score (nSPS) is 15.2. The third-order valence-electron chi connectivity index (χ3n) is 3.89. The molecule has 2 aromatic rings. The van der Waals surface area contributed by atoms with Crippen molar-refractivity contribution in [3.63, 3.8) is 0 Å². The number of rotatable bonds is 6. The zero-order valence-corrected chi connectivity index (χ0v) is 16.8. The minimum atomic E-state index is -1.08. The molecule has 2 aromatic carbocycles. The van der Waals surface area contributed by atoms with E-state index in [4.69, 9.17) is 26.8 Å². The molecular weight excluding hydrogens is 398 g/mol. The van der Waals surface area contributed by atoms with Crippen molar-refractivity contribution in [2.45, 2.75) is 6.92 Å². The van der Waals surface area contributed by atoms with Gasteiger partial charge < -0.3 is 14.6 Å². The number of methoxy groups -OCH3 is 1. The van der Waals surface area contributed by atoms with Gasteiger partial charge in [-0.25, -0.2) is 4.79 Å². The zero-order chi connectivity index (χ0) is 20.3. The van der Waals surface area contributed by atoms with Crippen LogP contribution < -0.4 is 14.4 Å². The van der Waals surface area contributed by atoms with Crippen LogP contribution in [0.3, 0.4) is 0 Å². The fourth-order valence-electron chi connectivity index (χ4n) is 2.64. The fraction of sp³-hybridized carbons (Fsp3) is 0.150. The molecule has 6 nitrogen and oxygen atoms in total. The molecule has 3 rings (SSSR count). The van der Waals surface area contributed by atoms with Gasteiger partial charge in [-0.2, -0.15) is 0 Å². The van der Waals surface area contributed by atoms with E-state index >= 15 is 0 Å². The molecule has 0 aromatic heterocycles. The lowest BCUT2D eigenvalue weighted by Gasteiger charge is -2.14. The summed E-state index contributed by atoms with van der Waals surface area (Å²) in [4.78, 5) is 25.5. The van der Waals surface area contributed by atoms with Gasteiger partial charge in [0.2, 0.25) is 0 Å². The van der Waals surface area contributed by atoms with Gasteiger partial charge in [-0.05, 0) is 48.4 Å². The second kappa shape index (κ2) is 8.45. The molecule has 1 saturated heterocycles. The average molecular weight is 415 g/mol. The summed E-state index contributed by atoms with van der Waals surface area (Å²) in [7, 11) is 1.46. The molecule has 0 unspecified atom stereocenters. The van der Waals surface area contributed by atoms with Crippen molar-refractivity contribution in [3.8, 4) is 11.5 Å². The van der Waals surface area contributed by atoms with Crippen LogP contribution in [-0.2, 0) is 9.59 Å². The third kappa shape index (κ3) is 4.35. The molecule has 1 fully saturated rings. The van der Waals surface area contributed by atoms with Crippen molar-refractivity contribution in [2.24, 2.45) is 0 Å². The first-order valence-corrected chi connectivity index (χ1v) is 9.49. The van der Waals surface area contributed by atoms with Gasteiger partial charge in [0.15, 0.2) is 22.4 Å². The summed E-state index contributed by atoms with van der Waals surface area (Å²) in [5.41, 5.74) is 2.49. The Morgan fingerprint density at radius 1 is 1.25 bits per heavy atom. The van der Waals surface area contributed by atoms with Crippen molar-refractivity contribution in [3.05, 3.63) is 58.5 Å². The first-order chi connectivity index (χ1) is 13.4. The molecule has 1 aliphatic rings. The summed E-state index contributed by atoms with van der Waals surface area (Å²) in [6.45, 7) is 1.49. The highest BCUT2D eigenvalue weighted by atomic mass is 32.2. The van der Waals surface area contributed by atoms with Crippen LogP contribution in [0.25, 0.3) is 6.08 Å².